The van der Waals surface area contributed by atoms with Gasteiger partial charge < -0.3 is 4.74 Å². The lowest BCUT2D eigenvalue weighted by molar-refractivity contribution is 0.0600. The fourth-order valence-electron chi connectivity index (χ4n) is 0.682. The van der Waals surface area contributed by atoms with Crippen LogP contribution in [0.1, 0.15) is 10.4 Å². The molecule has 7 nitrogen and oxygen atoms in total. The van der Waals surface area contributed by atoms with E-state index in [1.54, 1.807) is 0 Å². The molecule has 2 N–H and O–H groups in total. The molecule has 8 heteroatoms. The average Bonchev–Trinajstić information content (AvgIpc) is 2.17. The number of ether oxygens (including phenoxy) is 1. The highest BCUT2D eigenvalue weighted by Gasteiger charge is 2.06. The molecule has 1 atom stereocenters. The molecule has 0 spiro atoms. The van der Waals surface area contributed by atoms with E-state index in [-0.39, 0.29) is 11.5 Å². The summed E-state index contributed by atoms with van der Waals surface area (Å²) in [5.41, 5.74) is 0.168. The molecule has 14 heavy (non-hydrogen) atoms. The third-order valence-corrected chi connectivity index (χ3v) is 1.61. The van der Waals surface area contributed by atoms with E-state index >= 15 is 0 Å². The summed E-state index contributed by atoms with van der Waals surface area (Å²) in [6, 6.07) is 0. The highest BCUT2D eigenvalue weighted by atomic mass is 32.2. The number of aromatic nitrogens is 2. The summed E-state index contributed by atoms with van der Waals surface area (Å²) in [4.78, 5) is 18.1. The van der Waals surface area contributed by atoms with Crippen LogP contribution in [0, 0.1) is 0 Å². The lowest BCUT2D eigenvalue weighted by atomic mass is 10.3. The molecule has 1 rings (SSSR count). The second-order valence-electron chi connectivity index (χ2n) is 2.14. The monoisotopic (exact) mass is 217 g/mol. The number of carbonyl (C=O) groups is 1. The zero-order valence-corrected chi connectivity index (χ0v) is 7.95. The van der Waals surface area contributed by atoms with Crippen LogP contribution in [0.25, 0.3) is 0 Å². The summed E-state index contributed by atoms with van der Waals surface area (Å²) < 4.78 is 25.1. The van der Waals surface area contributed by atoms with Gasteiger partial charge in [0.25, 0.3) is 11.3 Å². The Labute approximate surface area is 81.9 Å². The maximum atomic E-state index is 10.9. The molecule has 1 aromatic heterocycles. The molecule has 0 bridgehead atoms. The first-order valence-corrected chi connectivity index (χ1v) is 4.52. The van der Waals surface area contributed by atoms with E-state index in [9.17, 15) is 9.00 Å². The number of anilines is 1. The molecule has 1 unspecified atom stereocenters. The zero-order chi connectivity index (χ0) is 10.6. The van der Waals surface area contributed by atoms with E-state index in [2.05, 4.69) is 14.7 Å². The van der Waals surface area contributed by atoms with Crippen molar-refractivity contribution < 1.29 is 18.3 Å². The van der Waals surface area contributed by atoms with Gasteiger partial charge in [0, 0.05) is 12.4 Å². The van der Waals surface area contributed by atoms with Gasteiger partial charge in [-0.05, 0) is 0 Å². The lowest BCUT2D eigenvalue weighted by Gasteiger charge is -2.00. The zero-order valence-electron chi connectivity index (χ0n) is 7.13. The van der Waals surface area contributed by atoms with Gasteiger partial charge in [0.15, 0.2) is 0 Å². The molecule has 0 saturated heterocycles. The van der Waals surface area contributed by atoms with Crippen molar-refractivity contribution >= 4 is 23.2 Å². The van der Waals surface area contributed by atoms with Gasteiger partial charge in [-0.15, -0.1) is 0 Å². The third-order valence-electron chi connectivity index (χ3n) is 1.25. The normalized spacial score (nSPS) is 11.9. The topological polar surface area (TPSA) is 101 Å². The molecule has 0 radical (unpaired) electrons. The minimum absolute atomic E-state index is 0.0431. The number of nitrogens with one attached hydrogen (secondary N) is 1. The van der Waals surface area contributed by atoms with Crippen LogP contribution in [0.15, 0.2) is 12.4 Å². The molecule has 0 aliphatic carbocycles. The number of carbonyl (C=O) groups excluding carboxylic acids is 1. The lowest BCUT2D eigenvalue weighted by Crippen LogP contribution is -2.08. The Morgan fingerprint density at radius 3 is 2.57 bits per heavy atom. The van der Waals surface area contributed by atoms with E-state index < -0.39 is 17.2 Å². The van der Waals surface area contributed by atoms with Gasteiger partial charge in [-0.3, -0.25) is 9.27 Å². The van der Waals surface area contributed by atoms with Gasteiger partial charge in [0.1, 0.15) is 0 Å². The number of hydrogen-bond donors (Lipinski definition) is 2. The van der Waals surface area contributed by atoms with Crippen LogP contribution in [0.4, 0.5) is 5.95 Å². The first kappa shape index (κ1) is 10.5. The van der Waals surface area contributed by atoms with Crippen molar-refractivity contribution in [2.24, 2.45) is 0 Å². The maximum absolute atomic E-state index is 10.9. The van der Waals surface area contributed by atoms with Crippen molar-refractivity contribution in [3.8, 4) is 0 Å². The molecule has 0 aromatic carbocycles. The van der Waals surface area contributed by atoms with Gasteiger partial charge in [-0.1, -0.05) is 0 Å². The van der Waals surface area contributed by atoms with Crippen LogP contribution >= 0.6 is 0 Å². The Morgan fingerprint density at radius 2 is 2.14 bits per heavy atom. The quantitative estimate of drug-likeness (QED) is 0.537. The third kappa shape index (κ3) is 2.75. The average molecular weight is 217 g/mol. The van der Waals surface area contributed by atoms with Crippen LogP contribution in [-0.2, 0) is 16.0 Å². The van der Waals surface area contributed by atoms with Gasteiger partial charge in [-0.2, -0.15) is 0 Å². The molecule has 0 saturated carbocycles. The second kappa shape index (κ2) is 4.63. The number of esters is 1. The Hall–Kier alpha value is -1.54. The Bertz CT molecular complexity index is 353. The van der Waals surface area contributed by atoms with Gasteiger partial charge in [0.05, 0.1) is 12.7 Å². The predicted molar refractivity (Wildman–Crippen MR) is 47.8 cm³/mol. The molecule has 76 valence electrons. The van der Waals surface area contributed by atoms with Crippen molar-refractivity contribution in [3.63, 3.8) is 0 Å². The molecule has 0 aliphatic rings. The van der Waals surface area contributed by atoms with Gasteiger partial charge >= 0.3 is 5.97 Å². The van der Waals surface area contributed by atoms with Crippen LogP contribution in [0.2, 0.25) is 0 Å². The molecule has 1 aromatic rings. The SMILES string of the molecule is COC(=O)c1cnc(NS(=O)O)nc1. The van der Waals surface area contributed by atoms with E-state index in [1.807, 2.05) is 4.72 Å². The van der Waals surface area contributed by atoms with Crippen molar-refractivity contribution in [1.82, 2.24) is 9.97 Å². The smallest absolute Gasteiger partial charge is 0.341 e. The minimum Gasteiger partial charge on any atom is -0.465 e. The van der Waals surface area contributed by atoms with Crippen molar-refractivity contribution in [2.75, 3.05) is 11.8 Å². The number of methoxy groups -OCH3 is 1. The molecule has 0 fully saturated rings. The Balaban J connectivity index is 2.78. The first-order valence-electron chi connectivity index (χ1n) is 3.41. The van der Waals surface area contributed by atoms with Crippen molar-refractivity contribution in [1.29, 1.82) is 0 Å². The number of nitrogens with zero attached hydrogens (tertiary/aromatic N) is 2. The number of rotatable bonds is 3. The summed E-state index contributed by atoms with van der Waals surface area (Å²) >= 11 is -2.23. The molecule has 0 aliphatic heterocycles. The molecular weight excluding hydrogens is 210 g/mol. The highest BCUT2D eigenvalue weighted by molar-refractivity contribution is 7.80. The summed E-state index contributed by atoms with van der Waals surface area (Å²) in [7, 11) is 1.23. The predicted octanol–water partition coefficient (Wildman–Crippen LogP) is -0.188. The Kier molecular flexibility index (Phi) is 3.48. The van der Waals surface area contributed by atoms with E-state index in [0.717, 1.165) is 0 Å². The summed E-state index contributed by atoms with van der Waals surface area (Å²) in [6.07, 6.45) is 2.38. The molecule has 1 heterocycles. The summed E-state index contributed by atoms with van der Waals surface area (Å²) in [6.45, 7) is 0. The van der Waals surface area contributed by atoms with Crippen LogP contribution in [-0.4, -0.2) is 31.8 Å². The van der Waals surface area contributed by atoms with Crippen LogP contribution < -0.4 is 4.72 Å². The fraction of sp³-hybridized carbons (Fsp3) is 0.167. The maximum Gasteiger partial charge on any atom is 0.341 e. The van der Waals surface area contributed by atoms with Crippen LogP contribution in [0.5, 0.6) is 0 Å². The standard InChI is InChI=1S/C6H7N3O4S/c1-13-5(10)4-2-7-6(8-3-4)9-14(11)12/h2-3H,1H3,(H,11,12)(H,7,8,9). The van der Waals surface area contributed by atoms with E-state index in [4.69, 9.17) is 4.55 Å². The van der Waals surface area contributed by atoms with Crippen LogP contribution in [0.3, 0.4) is 0 Å². The van der Waals surface area contributed by atoms with Crippen molar-refractivity contribution in [2.45, 2.75) is 0 Å². The minimum atomic E-state index is -2.23. The fourth-order valence-corrected chi connectivity index (χ4v) is 0.944. The highest BCUT2D eigenvalue weighted by Crippen LogP contribution is 2.01. The first-order chi connectivity index (χ1) is 6.63. The Morgan fingerprint density at radius 1 is 1.57 bits per heavy atom. The number of hydrogen-bond acceptors (Lipinski definition) is 5. The summed E-state index contributed by atoms with van der Waals surface area (Å²) in [5, 5.41) is 0. The van der Waals surface area contributed by atoms with Gasteiger partial charge in [-0.25, -0.2) is 19.0 Å². The molecule has 0 amide bonds. The van der Waals surface area contributed by atoms with Crippen molar-refractivity contribution in [3.05, 3.63) is 18.0 Å². The van der Waals surface area contributed by atoms with Gasteiger partial charge in [0.2, 0.25) is 5.95 Å². The largest absolute Gasteiger partial charge is 0.465 e. The van der Waals surface area contributed by atoms with E-state index in [0.29, 0.717) is 0 Å². The second-order valence-corrected chi connectivity index (χ2v) is 2.84. The van der Waals surface area contributed by atoms with E-state index in [1.165, 1.54) is 19.5 Å². The molecular formula is C6H7N3O4S. The summed E-state index contributed by atoms with van der Waals surface area (Å²) in [5.74, 6) is -0.611.